The van der Waals surface area contributed by atoms with Crippen LogP contribution in [0.15, 0.2) is 0 Å². The van der Waals surface area contributed by atoms with E-state index in [4.69, 9.17) is 9.47 Å². The highest BCUT2D eigenvalue weighted by Crippen LogP contribution is 2.44. The van der Waals surface area contributed by atoms with Crippen molar-refractivity contribution in [3.63, 3.8) is 0 Å². The van der Waals surface area contributed by atoms with Gasteiger partial charge in [-0.05, 0) is 71.1 Å². The third-order valence-corrected chi connectivity index (χ3v) is 6.70. The number of nitrogens with one attached hydrogen (secondary N) is 1. The average molecular weight is 411 g/mol. The van der Waals surface area contributed by atoms with Crippen molar-refractivity contribution in [2.24, 2.45) is 16.7 Å². The van der Waals surface area contributed by atoms with Crippen molar-refractivity contribution >= 4 is 12.0 Å². The largest absolute Gasteiger partial charge is 0.444 e. The number of rotatable bonds is 8. The van der Waals surface area contributed by atoms with Crippen molar-refractivity contribution in [3.05, 3.63) is 0 Å². The molecule has 1 aliphatic heterocycles. The van der Waals surface area contributed by atoms with E-state index >= 15 is 0 Å². The first-order chi connectivity index (χ1) is 13.5. The maximum atomic E-state index is 13.1. The Balaban J connectivity index is 1.91. The molecule has 6 heteroatoms. The van der Waals surface area contributed by atoms with E-state index < -0.39 is 11.0 Å². The fourth-order valence-electron chi connectivity index (χ4n) is 4.36. The predicted octanol–water partition coefficient (Wildman–Crippen LogP) is 4.37. The molecular weight excluding hydrogens is 368 g/mol. The highest BCUT2D eigenvalue weighted by atomic mass is 16.6. The molecular formula is C23H42N2O4. The standard InChI is InChI=1S/C23H42N2O4/c1-7-28-15-13-23(11-9-12-23)17-24-19(26)22(5,6)18-10-8-14-25(16-18)20(27)29-21(2,3)4/h18H,7-17H2,1-6H3,(H,24,26)/t18-/m1/s1. The van der Waals surface area contributed by atoms with Gasteiger partial charge in [0.15, 0.2) is 0 Å². The molecule has 1 aliphatic carbocycles. The van der Waals surface area contributed by atoms with Crippen LogP contribution in [0.3, 0.4) is 0 Å². The van der Waals surface area contributed by atoms with E-state index in [1.165, 1.54) is 6.42 Å². The molecule has 2 fully saturated rings. The monoisotopic (exact) mass is 410 g/mol. The zero-order chi connectivity index (χ0) is 21.7. The van der Waals surface area contributed by atoms with Crippen LogP contribution in [0.5, 0.6) is 0 Å². The van der Waals surface area contributed by atoms with Crippen molar-refractivity contribution in [1.29, 1.82) is 0 Å². The van der Waals surface area contributed by atoms with Crippen molar-refractivity contribution < 1.29 is 19.1 Å². The highest BCUT2D eigenvalue weighted by molar-refractivity contribution is 5.82. The molecule has 6 nitrogen and oxygen atoms in total. The summed E-state index contributed by atoms with van der Waals surface area (Å²) in [7, 11) is 0. The van der Waals surface area contributed by atoms with Gasteiger partial charge in [0.25, 0.3) is 0 Å². The lowest BCUT2D eigenvalue weighted by molar-refractivity contribution is -0.134. The van der Waals surface area contributed by atoms with Crippen LogP contribution in [-0.2, 0) is 14.3 Å². The van der Waals surface area contributed by atoms with Gasteiger partial charge >= 0.3 is 6.09 Å². The van der Waals surface area contributed by atoms with Gasteiger partial charge in [-0.3, -0.25) is 4.79 Å². The third-order valence-electron chi connectivity index (χ3n) is 6.70. The van der Waals surface area contributed by atoms with E-state index in [2.05, 4.69) is 5.32 Å². The molecule has 0 spiro atoms. The molecule has 29 heavy (non-hydrogen) atoms. The summed E-state index contributed by atoms with van der Waals surface area (Å²) < 4.78 is 11.1. The van der Waals surface area contributed by atoms with Crippen LogP contribution in [0.4, 0.5) is 4.79 Å². The molecule has 2 rings (SSSR count). The van der Waals surface area contributed by atoms with Gasteiger partial charge in [-0.1, -0.05) is 20.3 Å². The Morgan fingerprint density at radius 2 is 1.83 bits per heavy atom. The number of piperidine rings is 1. The fraction of sp³-hybridized carbons (Fsp3) is 0.913. The molecule has 0 aromatic rings. The van der Waals surface area contributed by atoms with Gasteiger partial charge in [0.1, 0.15) is 5.60 Å². The SMILES string of the molecule is CCOCCC1(CNC(=O)C(C)(C)[C@@H]2CCCN(C(=O)OC(C)(C)C)C2)CCC1. The van der Waals surface area contributed by atoms with Crippen LogP contribution in [0.1, 0.15) is 80.1 Å². The van der Waals surface area contributed by atoms with Crippen molar-refractivity contribution in [1.82, 2.24) is 10.2 Å². The lowest BCUT2D eigenvalue weighted by Gasteiger charge is -2.44. The summed E-state index contributed by atoms with van der Waals surface area (Å²) in [6.07, 6.45) is 6.15. The van der Waals surface area contributed by atoms with E-state index in [1.54, 1.807) is 4.90 Å². The Hall–Kier alpha value is -1.30. The Bertz CT molecular complexity index is 564. The molecule has 2 amide bonds. The molecule has 0 bridgehead atoms. The first-order valence-corrected chi connectivity index (χ1v) is 11.3. The quantitative estimate of drug-likeness (QED) is 0.603. The zero-order valence-corrected chi connectivity index (χ0v) is 19.4. The minimum atomic E-state index is -0.522. The van der Waals surface area contributed by atoms with E-state index in [0.717, 1.165) is 51.9 Å². The second-order valence-electron chi connectivity index (χ2n) is 10.5. The minimum Gasteiger partial charge on any atom is -0.444 e. The first kappa shape index (κ1) is 24.0. The van der Waals surface area contributed by atoms with E-state index in [0.29, 0.717) is 13.1 Å². The van der Waals surface area contributed by atoms with Gasteiger partial charge < -0.3 is 19.7 Å². The van der Waals surface area contributed by atoms with Crippen LogP contribution in [0.2, 0.25) is 0 Å². The van der Waals surface area contributed by atoms with Crippen molar-refractivity contribution in [2.45, 2.75) is 85.7 Å². The summed E-state index contributed by atoms with van der Waals surface area (Å²) in [5.74, 6) is 0.223. The molecule has 0 unspecified atom stereocenters. The molecule has 1 N–H and O–H groups in total. The summed E-state index contributed by atoms with van der Waals surface area (Å²) in [6.45, 7) is 15.2. The maximum absolute atomic E-state index is 13.1. The van der Waals surface area contributed by atoms with Gasteiger partial charge in [-0.25, -0.2) is 4.79 Å². The summed E-state index contributed by atoms with van der Waals surface area (Å²) in [6, 6.07) is 0. The summed E-state index contributed by atoms with van der Waals surface area (Å²) >= 11 is 0. The van der Waals surface area contributed by atoms with Gasteiger partial charge in [0.05, 0.1) is 0 Å². The van der Waals surface area contributed by atoms with Crippen molar-refractivity contribution in [3.8, 4) is 0 Å². The Morgan fingerprint density at radius 1 is 1.14 bits per heavy atom. The molecule has 168 valence electrons. The maximum Gasteiger partial charge on any atom is 0.410 e. The van der Waals surface area contributed by atoms with Gasteiger partial charge in [-0.15, -0.1) is 0 Å². The lowest BCUT2D eigenvalue weighted by Crippen LogP contribution is -2.52. The van der Waals surface area contributed by atoms with E-state index in [1.807, 2.05) is 41.5 Å². The minimum absolute atomic E-state index is 0.0937. The smallest absolute Gasteiger partial charge is 0.410 e. The number of nitrogens with zero attached hydrogens (tertiary/aromatic N) is 1. The molecule has 0 radical (unpaired) electrons. The molecule has 1 atom stereocenters. The summed E-state index contributed by atoms with van der Waals surface area (Å²) in [5.41, 5.74) is -0.822. The topological polar surface area (TPSA) is 67.9 Å². The number of amides is 2. The molecule has 1 heterocycles. The number of carbonyl (C=O) groups excluding carboxylic acids is 2. The zero-order valence-electron chi connectivity index (χ0n) is 19.4. The lowest BCUT2D eigenvalue weighted by atomic mass is 9.66. The van der Waals surface area contributed by atoms with Crippen LogP contribution >= 0.6 is 0 Å². The van der Waals surface area contributed by atoms with Crippen LogP contribution in [-0.4, -0.2) is 55.3 Å². The van der Waals surface area contributed by atoms with E-state index in [9.17, 15) is 9.59 Å². The molecule has 2 aliphatic rings. The Kier molecular flexibility index (Phi) is 8.00. The van der Waals surface area contributed by atoms with Gasteiger partial charge in [0.2, 0.25) is 5.91 Å². The normalized spacial score (nSPS) is 22.0. The number of likely N-dealkylation sites (tertiary alicyclic amines) is 1. The second kappa shape index (κ2) is 9.67. The van der Waals surface area contributed by atoms with Crippen LogP contribution in [0.25, 0.3) is 0 Å². The molecule has 1 saturated heterocycles. The van der Waals surface area contributed by atoms with E-state index in [-0.39, 0.29) is 23.3 Å². The van der Waals surface area contributed by atoms with Gasteiger partial charge in [-0.2, -0.15) is 0 Å². The van der Waals surface area contributed by atoms with Crippen LogP contribution in [0, 0.1) is 16.7 Å². The number of hydrogen-bond donors (Lipinski definition) is 1. The Labute approximate surface area is 177 Å². The fourth-order valence-corrected chi connectivity index (χ4v) is 4.36. The van der Waals surface area contributed by atoms with Crippen molar-refractivity contribution in [2.75, 3.05) is 32.8 Å². The molecule has 0 aromatic carbocycles. The first-order valence-electron chi connectivity index (χ1n) is 11.3. The Morgan fingerprint density at radius 3 is 2.38 bits per heavy atom. The third kappa shape index (κ3) is 6.59. The number of hydrogen-bond acceptors (Lipinski definition) is 4. The molecule has 0 aromatic heterocycles. The highest BCUT2D eigenvalue weighted by Gasteiger charge is 2.42. The second-order valence-corrected chi connectivity index (χ2v) is 10.5. The average Bonchev–Trinajstić information content (AvgIpc) is 2.61. The predicted molar refractivity (Wildman–Crippen MR) is 115 cm³/mol. The summed E-state index contributed by atoms with van der Waals surface area (Å²) in [4.78, 5) is 27.4. The van der Waals surface area contributed by atoms with Gasteiger partial charge in [0, 0.05) is 38.3 Å². The van der Waals surface area contributed by atoms with Crippen LogP contribution < -0.4 is 5.32 Å². The molecule has 1 saturated carbocycles. The summed E-state index contributed by atoms with van der Waals surface area (Å²) in [5, 5.41) is 3.24. The number of carbonyl (C=O) groups is 2. The number of ether oxygens (including phenoxy) is 2.